The molecule has 0 aliphatic carbocycles. The van der Waals surface area contributed by atoms with E-state index in [0.29, 0.717) is 31.8 Å². The number of halogens is 4. The zero-order valence-electron chi connectivity index (χ0n) is 14.8. The lowest BCUT2D eigenvalue weighted by atomic mass is 10.0. The maximum atomic E-state index is 13.2. The summed E-state index contributed by atoms with van der Waals surface area (Å²) in [6.45, 7) is 2.65. The van der Waals surface area contributed by atoms with Gasteiger partial charge in [-0.3, -0.25) is 9.59 Å². The second-order valence-corrected chi connectivity index (χ2v) is 6.82. The summed E-state index contributed by atoms with van der Waals surface area (Å²) in [5.74, 6) is -0.283. The van der Waals surface area contributed by atoms with Crippen molar-refractivity contribution in [1.29, 1.82) is 0 Å². The molecule has 0 aromatic heterocycles. The largest absolute Gasteiger partial charge is 0.416 e. The highest BCUT2D eigenvalue weighted by atomic mass is 35.5. The lowest BCUT2D eigenvalue weighted by molar-refractivity contribution is -0.137. The monoisotopic (exact) mass is 405 g/mol. The van der Waals surface area contributed by atoms with Gasteiger partial charge in [0.15, 0.2) is 0 Å². The predicted octanol–water partition coefficient (Wildman–Crippen LogP) is 2.98. The Morgan fingerprint density at radius 3 is 2.67 bits per heavy atom. The van der Waals surface area contributed by atoms with Gasteiger partial charge in [-0.05, 0) is 56.5 Å². The minimum Gasteiger partial charge on any atom is -0.352 e. The van der Waals surface area contributed by atoms with Gasteiger partial charge in [-0.25, -0.2) is 0 Å². The molecule has 1 aromatic carbocycles. The van der Waals surface area contributed by atoms with Crippen LogP contribution in [0.5, 0.6) is 0 Å². The maximum Gasteiger partial charge on any atom is 0.416 e. The predicted molar refractivity (Wildman–Crippen MR) is 98.2 cm³/mol. The van der Waals surface area contributed by atoms with E-state index in [9.17, 15) is 22.8 Å². The summed E-state index contributed by atoms with van der Waals surface area (Å²) in [5.41, 5.74) is -0.855. The first kappa shape index (κ1) is 21.5. The van der Waals surface area contributed by atoms with Gasteiger partial charge in [0.1, 0.15) is 0 Å². The number of nitrogens with zero attached hydrogens (tertiary/aromatic N) is 1. The average Bonchev–Trinajstić information content (AvgIpc) is 3.25. The van der Waals surface area contributed by atoms with Gasteiger partial charge in [-0.1, -0.05) is 0 Å². The van der Waals surface area contributed by atoms with Gasteiger partial charge in [0.05, 0.1) is 5.56 Å². The van der Waals surface area contributed by atoms with Gasteiger partial charge in [0.25, 0.3) is 5.91 Å². The van der Waals surface area contributed by atoms with Gasteiger partial charge in [-0.2, -0.15) is 13.2 Å². The topological polar surface area (TPSA) is 61.4 Å². The number of anilines is 1. The molecule has 1 atom stereocenters. The van der Waals surface area contributed by atoms with E-state index in [-0.39, 0.29) is 29.6 Å². The molecule has 1 aromatic rings. The molecule has 2 saturated heterocycles. The standard InChI is InChI=1S/C18H22F3N3O2.ClH/c19-18(20,21)14-8-13(9-15(10-14)24-7-1-2-16(24)25)17(26)23-6-4-12-3-5-22-11-12;/h8-10,12,22H,1-7,11H2,(H,23,26);1H. The molecule has 2 fully saturated rings. The molecule has 2 N–H and O–H groups in total. The van der Waals surface area contributed by atoms with Crippen molar-refractivity contribution in [3.63, 3.8) is 0 Å². The fourth-order valence-corrected chi connectivity index (χ4v) is 3.44. The lowest BCUT2D eigenvalue weighted by Crippen LogP contribution is -2.28. The molecule has 2 aliphatic heterocycles. The van der Waals surface area contributed by atoms with E-state index < -0.39 is 17.6 Å². The van der Waals surface area contributed by atoms with Gasteiger partial charge >= 0.3 is 6.18 Å². The summed E-state index contributed by atoms with van der Waals surface area (Å²) in [6.07, 6.45) is -1.83. The highest BCUT2D eigenvalue weighted by Crippen LogP contribution is 2.34. The number of rotatable bonds is 5. The Morgan fingerprint density at radius 1 is 1.30 bits per heavy atom. The Hall–Kier alpha value is -1.80. The van der Waals surface area contributed by atoms with Crippen LogP contribution in [0.4, 0.5) is 18.9 Å². The molecule has 2 amide bonds. The number of hydrogen-bond donors (Lipinski definition) is 2. The van der Waals surface area contributed by atoms with E-state index in [1.54, 1.807) is 0 Å². The molecule has 2 aliphatic rings. The number of amides is 2. The Labute approximate surface area is 162 Å². The second kappa shape index (κ2) is 8.93. The number of carbonyl (C=O) groups is 2. The van der Waals surface area contributed by atoms with Crippen LogP contribution in [-0.2, 0) is 11.0 Å². The Kier molecular flexibility index (Phi) is 7.11. The highest BCUT2D eigenvalue weighted by Gasteiger charge is 2.33. The molecule has 27 heavy (non-hydrogen) atoms. The molecule has 150 valence electrons. The van der Waals surface area contributed by atoms with E-state index >= 15 is 0 Å². The molecular weight excluding hydrogens is 383 g/mol. The number of alkyl halides is 3. The minimum absolute atomic E-state index is 0. The molecule has 5 nitrogen and oxygen atoms in total. The molecular formula is C18H23ClF3N3O2. The first-order chi connectivity index (χ1) is 12.3. The molecule has 0 spiro atoms. The van der Waals surface area contributed by atoms with Crippen molar-refractivity contribution in [3.05, 3.63) is 29.3 Å². The van der Waals surface area contributed by atoms with E-state index in [1.807, 2.05) is 0 Å². The molecule has 1 unspecified atom stereocenters. The average molecular weight is 406 g/mol. The first-order valence-electron chi connectivity index (χ1n) is 8.86. The van der Waals surface area contributed by atoms with Crippen molar-refractivity contribution in [1.82, 2.24) is 10.6 Å². The summed E-state index contributed by atoms with van der Waals surface area (Å²) in [5, 5.41) is 5.93. The quantitative estimate of drug-likeness (QED) is 0.791. The van der Waals surface area contributed by atoms with Crippen LogP contribution in [0.3, 0.4) is 0 Å². The minimum atomic E-state index is -4.58. The van der Waals surface area contributed by atoms with Gasteiger partial charge in [-0.15, -0.1) is 12.4 Å². The van der Waals surface area contributed by atoms with Crippen LogP contribution in [0.25, 0.3) is 0 Å². The van der Waals surface area contributed by atoms with Gasteiger partial charge in [0, 0.05) is 30.8 Å². The van der Waals surface area contributed by atoms with Crippen molar-refractivity contribution in [2.75, 3.05) is 31.1 Å². The first-order valence-corrected chi connectivity index (χ1v) is 8.86. The summed E-state index contributed by atoms with van der Waals surface area (Å²) in [4.78, 5) is 25.5. The van der Waals surface area contributed by atoms with Crippen molar-refractivity contribution < 1.29 is 22.8 Å². The molecule has 3 rings (SSSR count). The number of carbonyl (C=O) groups excluding carboxylic acids is 2. The van der Waals surface area contributed by atoms with Crippen molar-refractivity contribution in [3.8, 4) is 0 Å². The smallest absolute Gasteiger partial charge is 0.352 e. The summed E-state index contributed by atoms with van der Waals surface area (Å²) >= 11 is 0. The fraction of sp³-hybridized carbons (Fsp3) is 0.556. The number of nitrogens with one attached hydrogen (secondary N) is 2. The number of hydrogen-bond acceptors (Lipinski definition) is 3. The normalized spacial score (nSPS) is 19.9. The Balaban J connectivity index is 0.00000261. The van der Waals surface area contributed by atoms with Crippen LogP contribution < -0.4 is 15.5 Å². The van der Waals surface area contributed by atoms with Crippen LogP contribution in [0.2, 0.25) is 0 Å². The van der Waals surface area contributed by atoms with E-state index in [2.05, 4.69) is 10.6 Å². The van der Waals surface area contributed by atoms with Crippen LogP contribution in [0.15, 0.2) is 18.2 Å². The van der Waals surface area contributed by atoms with Crippen molar-refractivity contribution in [2.24, 2.45) is 5.92 Å². The molecule has 0 saturated carbocycles. The molecule has 0 bridgehead atoms. The summed E-state index contributed by atoms with van der Waals surface area (Å²) in [7, 11) is 0. The van der Waals surface area contributed by atoms with Crippen LogP contribution >= 0.6 is 12.4 Å². The highest BCUT2D eigenvalue weighted by molar-refractivity contribution is 5.99. The van der Waals surface area contributed by atoms with E-state index in [0.717, 1.165) is 38.1 Å². The zero-order chi connectivity index (χ0) is 18.7. The second-order valence-electron chi connectivity index (χ2n) is 6.82. The third kappa shape index (κ3) is 5.35. The van der Waals surface area contributed by atoms with Crippen molar-refractivity contribution in [2.45, 2.75) is 31.9 Å². The van der Waals surface area contributed by atoms with Gasteiger partial charge in [0.2, 0.25) is 5.91 Å². The van der Waals surface area contributed by atoms with E-state index in [1.165, 1.54) is 11.0 Å². The van der Waals surface area contributed by atoms with Crippen LogP contribution in [0, 0.1) is 5.92 Å². The molecule has 0 radical (unpaired) electrons. The summed E-state index contributed by atoms with van der Waals surface area (Å²) in [6, 6.07) is 3.14. The van der Waals surface area contributed by atoms with Crippen LogP contribution in [0.1, 0.15) is 41.6 Å². The maximum absolute atomic E-state index is 13.2. The SMILES string of the molecule is Cl.O=C(NCCC1CCNC1)c1cc(N2CCCC2=O)cc(C(F)(F)F)c1. The molecule has 2 heterocycles. The Bertz CT molecular complexity index is 691. The van der Waals surface area contributed by atoms with Crippen molar-refractivity contribution >= 4 is 29.9 Å². The Morgan fingerprint density at radius 2 is 2.07 bits per heavy atom. The lowest BCUT2D eigenvalue weighted by Gasteiger charge is -2.19. The zero-order valence-corrected chi connectivity index (χ0v) is 15.6. The van der Waals surface area contributed by atoms with E-state index in [4.69, 9.17) is 0 Å². The number of benzene rings is 1. The third-order valence-electron chi connectivity index (χ3n) is 4.89. The van der Waals surface area contributed by atoms with Gasteiger partial charge < -0.3 is 15.5 Å². The molecule has 9 heteroatoms. The van der Waals surface area contributed by atoms with Crippen LogP contribution in [-0.4, -0.2) is 38.0 Å². The summed E-state index contributed by atoms with van der Waals surface area (Å²) < 4.78 is 39.6. The third-order valence-corrected chi connectivity index (χ3v) is 4.89. The fourth-order valence-electron chi connectivity index (χ4n) is 3.44.